The Labute approximate surface area is 196 Å². The van der Waals surface area contributed by atoms with Crippen LogP contribution >= 0.6 is 0 Å². The van der Waals surface area contributed by atoms with Gasteiger partial charge in [-0.2, -0.15) is 4.98 Å². The van der Waals surface area contributed by atoms with E-state index in [0.29, 0.717) is 69.9 Å². The minimum Gasteiger partial charge on any atom is -0.406 e. The number of benzene rings is 1. The molecule has 2 atom stereocenters. The van der Waals surface area contributed by atoms with Gasteiger partial charge in [-0.3, -0.25) is 0 Å². The Morgan fingerprint density at radius 2 is 1.79 bits per heavy atom. The van der Waals surface area contributed by atoms with Crippen molar-refractivity contribution in [3.05, 3.63) is 41.5 Å². The lowest BCUT2D eigenvalue weighted by Crippen LogP contribution is -2.52. The third-order valence-corrected chi connectivity index (χ3v) is 6.01. The van der Waals surface area contributed by atoms with Crippen LogP contribution in [0.3, 0.4) is 0 Å². The first kappa shape index (κ1) is 24.3. The number of aromatic nitrogens is 2. The highest BCUT2D eigenvalue weighted by molar-refractivity contribution is 5.75. The van der Waals surface area contributed by atoms with Gasteiger partial charge in [-0.1, -0.05) is 31.1 Å². The zero-order valence-electron chi connectivity index (χ0n) is 19.3. The number of hydrogen-bond acceptors (Lipinski definition) is 6. The molecule has 186 valence electrons. The van der Waals surface area contributed by atoms with Crippen molar-refractivity contribution in [2.24, 2.45) is 5.92 Å². The molecule has 2 aromatic rings. The molecule has 0 spiro atoms. The van der Waals surface area contributed by atoms with Gasteiger partial charge < -0.3 is 23.8 Å². The average Bonchev–Trinajstić information content (AvgIpc) is 3.26. The predicted molar refractivity (Wildman–Crippen MR) is 115 cm³/mol. The second-order valence-corrected chi connectivity index (χ2v) is 9.18. The van der Waals surface area contributed by atoms with Gasteiger partial charge in [0.1, 0.15) is 5.75 Å². The second-order valence-electron chi connectivity index (χ2n) is 9.18. The number of urea groups is 1. The molecule has 1 aromatic carbocycles. The number of halogens is 3. The molecule has 3 heterocycles. The van der Waals surface area contributed by atoms with Crippen LogP contribution in [-0.2, 0) is 11.2 Å². The number of amides is 2. The topological polar surface area (TPSA) is 80.9 Å². The van der Waals surface area contributed by atoms with Crippen molar-refractivity contribution in [1.29, 1.82) is 0 Å². The van der Waals surface area contributed by atoms with Gasteiger partial charge in [-0.25, -0.2) is 4.79 Å². The zero-order chi connectivity index (χ0) is 24.3. The molecule has 11 heteroatoms. The maximum Gasteiger partial charge on any atom is 0.573 e. The molecule has 0 bridgehead atoms. The molecule has 4 rings (SSSR count). The van der Waals surface area contributed by atoms with Crippen LogP contribution in [0.25, 0.3) is 0 Å². The summed E-state index contributed by atoms with van der Waals surface area (Å²) in [5.74, 6) is 0.929. The maximum atomic E-state index is 13.3. The van der Waals surface area contributed by atoms with Gasteiger partial charge in [0.2, 0.25) is 5.89 Å². The SMILES string of the molecule is CC(C)Cc1noc(C2CC(c3ccc(OC(F)(F)F)cc3)CN(C(=O)N3CCOCC3)C2)n1. The first-order chi connectivity index (χ1) is 16.2. The number of piperidine rings is 1. The van der Waals surface area contributed by atoms with E-state index in [1.165, 1.54) is 12.1 Å². The van der Waals surface area contributed by atoms with Gasteiger partial charge in [0.15, 0.2) is 5.82 Å². The normalized spacial score (nSPS) is 21.7. The summed E-state index contributed by atoms with van der Waals surface area (Å²) >= 11 is 0. The van der Waals surface area contributed by atoms with Gasteiger partial charge >= 0.3 is 12.4 Å². The van der Waals surface area contributed by atoms with Crippen molar-refractivity contribution < 1.29 is 32.0 Å². The number of carbonyl (C=O) groups excluding carboxylic acids is 1. The lowest BCUT2D eigenvalue weighted by Gasteiger charge is -2.40. The molecule has 2 aliphatic rings. The maximum absolute atomic E-state index is 13.3. The number of morpholine rings is 1. The molecule has 1 aromatic heterocycles. The molecule has 0 aliphatic carbocycles. The Morgan fingerprint density at radius 3 is 2.44 bits per heavy atom. The van der Waals surface area contributed by atoms with Crippen molar-refractivity contribution >= 4 is 6.03 Å². The van der Waals surface area contributed by atoms with Crippen LogP contribution in [-0.4, -0.2) is 71.7 Å². The molecule has 0 N–H and O–H groups in total. The van der Waals surface area contributed by atoms with E-state index >= 15 is 0 Å². The second kappa shape index (κ2) is 10.2. The first-order valence-corrected chi connectivity index (χ1v) is 11.5. The zero-order valence-corrected chi connectivity index (χ0v) is 19.3. The standard InChI is InChI=1S/C23H29F3N4O4/c1-15(2)11-20-27-21(34-28-20)18-12-17(16-3-5-19(6-4-16)33-23(24,25)26)13-30(14-18)22(31)29-7-9-32-10-8-29/h3-6,15,17-18H,7-14H2,1-2H3. The van der Waals surface area contributed by atoms with Crippen LogP contribution in [0.2, 0.25) is 0 Å². The Hall–Kier alpha value is -2.82. The summed E-state index contributed by atoms with van der Waals surface area (Å²) in [6, 6.07) is 5.74. The highest BCUT2D eigenvalue weighted by Gasteiger charge is 2.37. The van der Waals surface area contributed by atoms with E-state index in [1.807, 2.05) is 0 Å². The third-order valence-electron chi connectivity index (χ3n) is 6.01. The number of alkyl halides is 3. The summed E-state index contributed by atoms with van der Waals surface area (Å²) in [6.45, 7) is 7.05. The molecule has 2 fully saturated rings. The van der Waals surface area contributed by atoms with Crippen LogP contribution in [0.4, 0.5) is 18.0 Å². The van der Waals surface area contributed by atoms with Gasteiger partial charge in [0, 0.05) is 38.5 Å². The molecular weight excluding hydrogens is 453 g/mol. The molecule has 2 unspecified atom stereocenters. The fourth-order valence-corrected chi connectivity index (χ4v) is 4.45. The van der Waals surface area contributed by atoms with Crippen molar-refractivity contribution in [3.8, 4) is 5.75 Å². The minimum absolute atomic E-state index is 0.0862. The summed E-state index contributed by atoms with van der Waals surface area (Å²) in [5.41, 5.74) is 0.820. The van der Waals surface area contributed by atoms with Crippen molar-refractivity contribution in [3.63, 3.8) is 0 Å². The van der Waals surface area contributed by atoms with E-state index in [4.69, 9.17) is 9.26 Å². The molecular formula is C23H29F3N4O4. The quantitative estimate of drug-likeness (QED) is 0.636. The summed E-state index contributed by atoms with van der Waals surface area (Å²) in [6.07, 6.45) is -3.42. The molecule has 2 saturated heterocycles. The summed E-state index contributed by atoms with van der Waals surface area (Å²) in [5, 5.41) is 4.10. The fourth-order valence-electron chi connectivity index (χ4n) is 4.45. The van der Waals surface area contributed by atoms with Gasteiger partial charge in [0.25, 0.3) is 0 Å². The number of rotatable bonds is 5. The van der Waals surface area contributed by atoms with Gasteiger partial charge in [-0.15, -0.1) is 13.2 Å². The number of nitrogens with zero attached hydrogens (tertiary/aromatic N) is 4. The third kappa shape index (κ3) is 6.19. The van der Waals surface area contributed by atoms with E-state index in [0.717, 1.165) is 5.56 Å². The van der Waals surface area contributed by atoms with Gasteiger partial charge in [-0.05, 0) is 30.0 Å². The summed E-state index contributed by atoms with van der Waals surface area (Å²) < 4.78 is 52.5. The molecule has 34 heavy (non-hydrogen) atoms. The Balaban J connectivity index is 1.55. The highest BCUT2D eigenvalue weighted by atomic mass is 19.4. The molecule has 2 aliphatic heterocycles. The molecule has 0 saturated carbocycles. The van der Waals surface area contributed by atoms with Crippen LogP contribution in [0.1, 0.15) is 49.4 Å². The minimum atomic E-state index is -4.75. The van der Waals surface area contributed by atoms with E-state index in [9.17, 15) is 18.0 Å². The van der Waals surface area contributed by atoms with Crippen molar-refractivity contribution in [2.45, 2.75) is 44.9 Å². The fraction of sp³-hybridized carbons (Fsp3) is 0.609. The lowest BCUT2D eigenvalue weighted by atomic mass is 9.84. The Bertz CT molecular complexity index is 958. The van der Waals surface area contributed by atoms with E-state index < -0.39 is 6.36 Å². The largest absolute Gasteiger partial charge is 0.573 e. The van der Waals surface area contributed by atoms with Crippen molar-refractivity contribution in [1.82, 2.24) is 19.9 Å². The Morgan fingerprint density at radius 1 is 1.12 bits per heavy atom. The van der Waals surface area contributed by atoms with E-state index in [1.54, 1.807) is 21.9 Å². The van der Waals surface area contributed by atoms with Crippen molar-refractivity contribution in [2.75, 3.05) is 39.4 Å². The molecule has 2 amide bonds. The lowest BCUT2D eigenvalue weighted by molar-refractivity contribution is -0.274. The van der Waals surface area contributed by atoms with Crippen LogP contribution in [0.15, 0.2) is 28.8 Å². The summed E-state index contributed by atoms with van der Waals surface area (Å²) in [7, 11) is 0. The first-order valence-electron chi connectivity index (χ1n) is 11.5. The molecule has 8 nitrogen and oxygen atoms in total. The van der Waals surface area contributed by atoms with Gasteiger partial charge in [0.05, 0.1) is 19.1 Å². The molecule has 0 radical (unpaired) electrons. The summed E-state index contributed by atoms with van der Waals surface area (Å²) in [4.78, 5) is 21.4. The van der Waals surface area contributed by atoms with Crippen LogP contribution in [0, 0.1) is 5.92 Å². The average molecular weight is 483 g/mol. The van der Waals surface area contributed by atoms with Crippen LogP contribution in [0.5, 0.6) is 5.75 Å². The monoisotopic (exact) mass is 482 g/mol. The smallest absolute Gasteiger partial charge is 0.406 e. The Kier molecular flexibility index (Phi) is 7.30. The number of carbonyl (C=O) groups is 1. The number of hydrogen-bond donors (Lipinski definition) is 0. The number of likely N-dealkylation sites (tertiary alicyclic amines) is 1. The number of ether oxygens (including phenoxy) is 2. The predicted octanol–water partition coefficient (Wildman–Crippen LogP) is 4.19. The van der Waals surface area contributed by atoms with Crippen LogP contribution < -0.4 is 4.74 Å². The highest BCUT2D eigenvalue weighted by Crippen LogP contribution is 2.37. The van der Waals surface area contributed by atoms with E-state index in [-0.39, 0.29) is 23.6 Å². The van der Waals surface area contributed by atoms with E-state index in [2.05, 4.69) is 28.7 Å².